The van der Waals surface area contributed by atoms with Crippen molar-refractivity contribution in [3.05, 3.63) is 63.9 Å². The second-order valence-electron chi connectivity index (χ2n) is 4.26. The van der Waals surface area contributed by atoms with Crippen LogP contribution < -0.4 is 0 Å². The molecule has 1 heterocycles. The highest BCUT2D eigenvalue weighted by Gasteiger charge is 2.16. The summed E-state index contributed by atoms with van der Waals surface area (Å²) in [4.78, 5) is 0. The molecule has 1 N–H and O–H groups in total. The Bertz CT molecular complexity index is 874. The zero-order valence-electron chi connectivity index (χ0n) is 12.5. The molecule has 3 nitrogen and oxygen atoms in total. The number of rotatable bonds is 2. The zero-order valence-corrected chi connectivity index (χ0v) is 14.1. The van der Waals surface area contributed by atoms with Crippen LogP contribution in [0.1, 0.15) is 13.8 Å². The quantitative estimate of drug-likeness (QED) is 0.612. The van der Waals surface area contributed by atoms with Crippen molar-refractivity contribution < 1.29 is 8.78 Å². The van der Waals surface area contributed by atoms with E-state index in [0.717, 1.165) is 12.1 Å². The van der Waals surface area contributed by atoms with Gasteiger partial charge in [-0.3, -0.25) is 9.67 Å². The molecular formula is C16H14ClF2N3S. The van der Waals surface area contributed by atoms with E-state index in [0.29, 0.717) is 10.7 Å². The second-order valence-corrected chi connectivity index (χ2v) is 5.06. The molecule has 3 aromatic rings. The first-order valence-corrected chi connectivity index (χ1v) is 7.74. The molecule has 0 radical (unpaired) electrons. The second kappa shape index (κ2) is 7.48. The molecule has 0 unspecified atom stereocenters. The van der Waals surface area contributed by atoms with Gasteiger partial charge in [0.15, 0.2) is 10.6 Å². The minimum absolute atomic E-state index is 0.128. The van der Waals surface area contributed by atoms with Crippen LogP contribution in [0.3, 0.4) is 0 Å². The number of nitrogens with one attached hydrogen (secondary N) is 1. The molecule has 0 atom stereocenters. The molecule has 3 rings (SSSR count). The highest BCUT2D eigenvalue weighted by atomic mass is 35.5. The molecule has 0 aliphatic carbocycles. The molecule has 120 valence electrons. The van der Waals surface area contributed by atoms with Crippen LogP contribution in [0.25, 0.3) is 17.1 Å². The topological polar surface area (TPSA) is 33.6 Å². The average Bonchev–Trinajstić information content (AvgIpc) is 2.91. The largest absolute Gasteiger partial charge is 0.267 e. The normalized spacial score (nSPS) is 10.1. The van der Waals surface area contributed by atoms with Crippen molar-refractivity contribution in [1.82, 2.24) is 14.8 Å². The number of halogens is 3. The first kappa shape index (κ1) is 17.3. The maximum absolute atomic E-state index is 14.0. The highest BCUT2D eigenvalue weighted by molar-refractivity contribution is 7.71. The first-order chi connectivity index (χ1) is 11.1. The fourth-order valence-corrected chi connectivity index (χ4v) is 2.46. The van der Waals surface area contributed by atoms with Gasteiger partial charge in [-0.25, -0.2) is 8.78 Å². The van der Waals surface area contributed by atoms with E-state index in [1.807, 2.05) is 13.8 Å². The molecular weight excluding hydrogens is 340 g/mol. The summed E-state index contributed by atoms with van der Waals surface area (Å²) in [5.74, 6) is -1.16. The molecule has 0 spiro atoms. The Morgan fingerprint density at radius 3 is 2.48 bits per heavy atom. The predicted molar refractivity (Wildman–Crippen MR) is 90.5 cm³/mol. The third-order valence-corrected chi connectivity index (χ3v) is 3.53. The molecule has 2 aromatic carbocycles. The lowest BCUT2D eigenvalue weighted by Crippen LogP contribution is -2.00. The number of hydrogen-bond acceptors (Lipinski definition) is 2. The van der Waals surface area contributed by atoms with E-state index in [2.05, 4.69) is 10.2 Å². The minimum Gasteiger partial charge on any atom is -0.267 e. The molecule has 0 aliphatic heterocycles. The Kier molecular flexibility index (Phi) is 5.63. The van der Waals surface area contributed by atoms with E-state index in [1.165, 1.54) is 10.6 Å². The van der Waals surface area contributed by atoms with E-state index in [9.17, 15) is 8.78 Å². The Labute approximate surface area is 142 Å². The van der Waals surface area contributed by atoms with Crippen molar-refractivity contribution in [2.45, 2.75) is 13.8 Å². The maximum Gasteiger partial charge on any atom is 0.200 e. The van der Waals surface area contributed by atoms with E-state index in [4.69, 9.17) is 23.8 Å². The van der Waals surface area contributed by atoms with Gasteiger partial charge in [0.25, 0.3) is 0 Å². The van der Waals surface area contributed by atoms with Crippen molar-refractivity contribution in [3.8, 4) is 17.1 Å². The van der Waals surface area contributed by atoms with Crippen LogP contribution in [0.5, 0.6) is 0 Å². The van der Waals surface area contributed by atoms with Crippen molar-refractivity contribution in [3.63, 3.8) is 0 Å². The third kappa shape index (κ3) is 3.48. The fraction of sp³-hybridized carbons (Fsp3) is 0.125. The monoisotopic (exact) mass is 353 g/mol. The van der Waals surface area contributed by atoms with Crippen LogP contribution in [0, 0.1) is 16.4 Å². The smallest absolute Gasteiger partial charge is 0.200 e. The Hall–Kier alpha value is -2.05. The van der Waals surface area contributed by atoms with E-state index in [1.54, 1.807) is 24.3 Å². The van der Waals surface area contributed by atoms with E-state index in [-0.39, 0.29) is 16.2 Å². The van der Waals surface area contributed by atoms with Gasteiger partial charge < -0.3 is 0 Å². The van der Waals surface area contributed by atoms with Crippen LogP contribution in [0.4, 0.5) is 8.78 Å². The number of benzene rings is 2. The van der Waals surface area contributed by atoms with E-state index < -0.39 is 11.6 Å². The van der Waals surface area contributed by atoms with Gasteiger partial charge in [-0.05, 0) is 36.5 Å². The third-order valence-electron chi connectivity index (χ3n) is 2.94. The van der Waals surface area contributed by atoms with Crippen LogP contribution in [0.15, 0.2) is 42.5 Å². The molecule has 0 amide bonds. The molecule has 0 bridgehead atoms. The van der Waals surface area contributed by atoms with Gasteiger partial charge in [-0.2, -0.15) is 5.10 Å². The number of hydrogen-bond donors (Lipinski definition) is 1. The van der Waals surface area contributed by atoms with Gasteiger partial charge >= 0.3 is 0 Å². The number of para-hydroxylation sites is 1. The Morgan fingerprint density at radius 1 is 1.13 bits per heavy atom. The fourth-order valence-electron chi connectivity index (χ4n) is 2.01. The van der Waals surface area contributed by atoms with Crippen molar-refractivity contribution in [2.24, 2.45) is 0 Å². The van der Waals surface area contributed by atoms with Gasteiger partial charge in [-0.15, -0.1) is 0 Å². The summed E-state index contributed by atoms with van der Waals surface area (Å²) in [6.07, 6.45) is 0. The number of aromatic amines is 1. The summed E-state index contributed by atoms with van der Waals surface area (Å²) >= 11 is 11.3. The van der Waals surface area contributed by atoms with Crippen LogP contribution in [0.2, 0.25) is 5.02 Å². The Balaban J connectivity index is 0.000000924. The van der Waals surface area contributed by atoms with Crippen molar-refractivity contribution in [1.29, 1.82) is 0 Å². The lowest BCUT2D eigenvalue weighted by molar-refractivity contribution is 0.584. The molecule has 0 saturated heterocycles. The van der Waals surface area contributed by atoms with Crippen molar-refractivity contribution in [2.75, 3.05) is 0 Å². The van der Waals surface area contributed by atoms with Gasteiger partial charge in [0.2, 0.25) is 0 Å². The summed E-state index contributed by atoms with van der Waals surface area (Å²) in [6.45, 7) is 4.00. The first-order valence-electron chi connectivity index (χ1n) is 6.95. The SMILES string of the molecule is CC.Fc1ccc(-c2n[nH]c(=S)n2-c2ccccc2Cl)c(F)c1. The summed E-state index contributed by atoms with van der Waals surface area (Å²) in [7, 11) is 0. The lowest BCUT2D eigenvalue weighted by Gasteiger charge is -2.09. The van der Waals surface area contributed by atoms with Crippen LogP contribution in [-0.2, 0) is 0 Å². The number of nitrogens with zero attached hydrogens (tertiary/aromatic N) is 2. The summed E-state index contributed by atoms with van der Waals surface area (Å²) in [5, 5.41) is 7.06. The van der Waals surface area contributed by atoms with Gasteiger partial charge in [0.1, 0.15) is 11.6 Å². The van der Waals surface area contributed by atoms with Gasteiger partial charge in [-0.1, -0.05) is 37.6 Å². The lowest BCUT2D eigenvalue weighted by atomic mass is 10.2. The van der Waals surface area contributed by atoms with Crippen LogP contribution >= 0.6 is 23.8 Å². The molecule has 0 saturated carbocycles. The summed E-state index contributed by atoms with van der Waals surface area (Å²) < 4.78 is 28.8. The molecule has 23 heavy (non-hydrogen) atoms. The Morgan fingerprint density at radius 2 is 1.83 bits per heavy atom. The average molecular weight is 354 g/mol. The van der Waals surface area contributed by atoms with Crippen molar-refractivity contribution >= 4 is 23.8 Å². The zero-order chi connectivity index (χ0) is 17.0. The summed E-state index contributed by atoms with van der Waals surface area (Å²) in [5.41, 5.74) is 0.695. The van der Waals surface area contributed by atoms with E-state index >= 15 is 0 Å². The molecule has 0 aliphatic rings. The molecule has 0 fully saturated rings. The predicted octanol–water partition coefficient (Wildman–Crippen LogP) is 5.55. The summed E-state index contributed by atoms with van der Waals surface area (Å²) in [6, 6.07) is 10.2. The standard InChI is InChI=1S/C14H8ClF2N3S.C2H6/c15-10-3-1-2-4-12(10)20-13(18-19-14(20)21)9-6-5-8(16)7-11(9)17;1-2/h1-7H,(H,19,21);1-2H3. The maximum atomic E-state index is 14.0. The highest BCUT2D eigenvalue weighted by Crippen LogP contribution is 2.28. The molecule has 7 heteroatoms. The minimum atomic E-state index is -0.725. The van der Waals surface area contributed by atoms with Gasteiger partial charge in [0.05, 0.1) is 16.3 Å². The molecule has 1 aromatic heterocycles. The number of H-pyrrole nitrogens is 1. The van der Waals surface area contributed by atoms with Gasteiger partial charge in [0, 0.05) is 6.07 Å². The van der Waals surface area contributed by atoms with Crippen LogP contribution in [-0.4, -0.2) is 14.8 Å². The number of aromatic nitrogens is 3.